The summed E-state index contributed by atoms with van der Waals surface area (Å²) in [4.78, 5) is 22.9. The number of amides is 1. The zero-order valence-corrected chi connectivity index (χ0v) is 21.2. The molecule has 2 N–H and O–H groups in total. The highest BCUT2D eigenvalue weighted by Crippen LogP contribution is 2.23. The molecular formula is C21H32IN5OS. The molecule has 0 saturated heterocycles. The van der Waals surface area contributed by atoms with Crippen LogP contribution in [0.5, 0.6) is 0 Å². The minimum Gasteiger partial charge on any atom is -0.357 e. The maximum atomic E-state index is 12.0. The predicted octanol–water partition coefficient (Wildman–Crippen LogP) is 4.02. The van der Waals surface area contributed by atoms with Crippen LogP contribution in [0.2, 0.25) is 0 Å². The summed E-state index contributed by atoms with van der Waals surface area (Å²) >= 11 is 1.67. The molecule has 1 aromatic carbocycles. The van der Waals surface area contributed by atoms with E-state index in [1.165, 1.54) is 0 Å². The number of aliphatic imine (C=N–C) groups is 1. The molecule has 8 heteroatoms. The Morgan fingerprint density at radius 3 is 2.34 bits per heavy atom. The molecule has 2 rings (SSSR count). The summed E-state index contributed by atoms with van der Waals surface area (Å²) in [5.74, 6) is 0.756. The van der Waals surface area contributed by atoms with E-state index < -0.39 is 0 Å². The van der Waals surface area contributed by atoms with Gasteiger partial charge in [-0.3, -0.25) is 4.79 Å². The molecule has 0 bridgehead atoms. The summed E-state index contributed by atoms with van der Waals surface area (Å²) in [5.41, 5.74) is 2.91. The maximum absolute atomic E-state index is 12.0. The topological polar surface area (TPSA) is 69.6 Å². The number of thiazole rings is 1. The molecule has 0 fully saturated rings. The summed E-state index contributed by atoms with van der Waals surface area (Å²) in [6, 6.07) is 7.58. The molecular weight excluding hydrogens is 497 g/mol. The number of carbonyl (C=O) groups is 1. The van der Waals surface area contributed by atoms with Crippen LogP contribution < -0.4 is 10.6 Å². The van der Waals surface area contributed by atoms with Crippen LogP contribution in [0.15, 0.2) is 34.6 Å². The van der Waals surface area contributed by atoms with Gasteiger partial charge >= 0.3 is 0 Å². The highest BCUT2D eigenvalue weighted by atomic mass is 127. The summed E-state index contributed by atoms with van der Waals surface area (Å²) in [5, 5.41) is 9.77. The number of guanidine groups is 1. The van der Waals surface area contributed by atoms with Crippen molar-refractivity contribution in [2.45, 2.75) is 46.2 Å². The summed E-state index contributed by atoms with van der Waals surface area (Å²) in [6.07, 6.45) is 0. The van der Waals surface area contributed by atoms with Gasteiger partial charge in [-0.2, -0.15) is 0 Å². The van der Waals surface area contributed by atoms with Gasteiger partial charge in [0.05, 0.1) is 18.8 Å². The molecule has 160 valence electrons. The number of nitrogens with one attached hydrogen (secondary N) is 2. The normalized spacial score (nSPS) is 11.6. The number of hydrogen-bond donors (Lipinski definition) is 2. The number of aromatic nitrogens is 1. The smallest absolute Gasteiger partial charge is 0.253 e. The Balaban J connectivity index is 0.00000420. The molecule has 29 heavy (non-hydrogen) atoms. The first-order chi connectivity index (χ1) is 13.2. The predicted molar refractivity (Wildman–Crippen MR) is 132 cm³/mol. The van der Waals surface area contributed by atoms with Crippen molar-refractivity contribution < 1.29 is 4.79 Å². The summed E-state index contributed by atoms with van der Waals surface area (Å²) in [6.45, 7) is 10.5. The number of rotatable bonds is 6. The van der Waals surface area contributed by atoms with Crippen molar-refractivity contribution in [2.75, 3.05) is 20.6 Å². The van der Waals surface area contributed by atoms with Crippen LogP contribution >= 0.6 is 35.3 Å². The molecule has 1 aromatic heterocycles. The fourth-order valence-corrected chi connectivity index (χ4v) is 3.38. The maximum Gasteiger partial charge on any atom is 0.253 e. The fourth-order valence-electron chi connectivity index (χ4n) is 2.42. The molecule has 0 atom stereocenters. The second-order valence-electron chi connectivity index (χ2n) is 7.82. The molecule has 1 heterocycles. The third-order valence-electron chi connectivity index (χ3n) is 4.10. The number of hydrogen-bond acceptors (Lipinski definition) is 4. The second kappa shape index (κ2) is 11.5. The Morgan fingerprint density at radius 2 is 1.83 bits per heavy atom. The standard InChI is InChI=1S/C21H31N5OS.HI/c1-7-22-20(24-13-18-25-17(14-28-18)21(2,3)4)23-12-15-8-10-16(11-9-15)19(27)26(5)6;/h8-11,14H,7,12-13H2,1-6H3,(H2,22,23,24);1H. The van der Waals surface area contributed by atoms with E-state index >= 15 is 0 Å². The van der Waals surface area contributed by atoms with Gasteiger partial charge in [0.2, 0.25) is 0 Å². The molecule has 0 unspecified atom stereocenters. The van der Waals surface area contributed by atoms with Crippen LogP contribution in [0.3, 0.4) is 0 Å². The quantitative estimate of drug-likeness (QED) is 0.337. The van der Waals surface area contributed by atoms with Gasteiger partial charge in [-0.15, -0.1) is 35.3 Å². The monoisotopic (exact) mass is 529 g/mol. The van der Waals surface area contributed by atoms with Crippen molar-refractivity contribution in [1.82, 2.24) is 20.5 Å². The highest BCUT2D eigenvalue weighted by molar-refractivity contribution is 14.0. The average molecular weight is 529 g/mol. The lowest BCUT2D eigenvalue weighted by Crippen LogP contribution is -2.36. The van der Waals surface area contributed by atoms with Gasteiger partial charge in [-0.05, 0) is 24.6 Å². The fraction of sp³-hybridized carbons (Fsp3) is 0.476. The Kier molecular flexibility index (Phi) is 10.0. The second-order valence-corrected chi connectivity index (χ2v) is 8.76. The van der Waals surface area contributed by atoms with E-state index in [9.17, 15) is 4.79 Å². The summed E-state index contributed by atoms with van der Waals surface area (Å²) in [7, 11) is 3.50. The Bertz CT molecular complexity index is 809. The Morgan fingerprint density at radius 1 is 1.17 bits per heavy atom. The van der Waals surface area contributed by atoms with Crippen molar-refractivity contribution in [2.24, 2.45) is 4.99 Å². The van der Waals surface area contributed by atoms with E-state index in [-0.39, 0.29) is 35.3 Å². The van der Waals surface area contributed by atoms with Gasteiger partial charge in [-0.25, -0.2) is 9.98 Å². The zero-order chi connectivity index (χ0) is 20.7. The Labute approximate surface area is 195 Å². The first-order valence-corrected chi connectivity index (χ1v) is 10.4. The zero-order valence-electron chi connectivity index (χ0n) is 18.1. The minimum atomic E-state index is 0. The van der Waals surface area contributed by atoms with Crippen molar-refractivity contribution in [3.8, 4) is 0 Å². The minimum absolute atomic E-state index is 0. The van der Waals surface area contributed by atoms with Crippen LogP contribution in [0.4, 0.5) is 0 Å². The Hall–Kier alpha value is -1.68. The third kappa shape index (κ3) is 7.93. The van der Waals surface area contributed by atoms with E-state index in [4.69, 9.17) is 4.98 Å². The van der Waals surface area contributed by atoms with Gasteiger partial charge < -0.3 is 15.5 Å². The molecule has 0 saturated carbocycles. The van der Waals surface area contributed by atoms with Crippen LogP contribution in [0, 0.1) is 0 Å². The number of halogens is 1. The molecule has 0 aliphatic heterocycles. The lowest BCUT2D eigenvalue weighted by atomic mass is 9.93. The van der Waals surface area contributed by atoms with Crippen LogP contribution in [-0.2, 0) is 18.5 Å². The molecule has 0 spiro atoms. The summed E-state index contributed by atoms with van der Waals surface area (Å²) < 4.78 is 0. The molecule has 2 aromatic rings. The van der Waals surface area contributed by atoms with E-state index in [2.05, 4.69) is 41.8 Å². The van der Waals surface area contributed by atoms with Gasteiger partial charge in [0.1, 0.15) is 5.01 Å². The van der Waals surface area contributed by atoms with Crippen LogP contribution in [-0.4, -0.2) is 42.4 Å². The van der Waals surface area contributed by atoms with Crippen molar-refractivity contribution in [3.63, 3.8) is 0 Å². The first-order valence-electron chi connectivity index (χ1n) is 9.48. The molecule has 6 nitrogen and oxygen atoms in total. The van der Waals surface area contributed by atoms with E-state index in [0.717, 1.165) is 28.8 Å². The SMILES string of the molecule is CCNC(=NCc1ccc(C(=O)N(C)C)cc1)NCc1nc(C(C)(C)C)cs1.I. The van der Waals surface area contributed by atoms with E-state index in [1.807, 2.05) is 31.2 Å². The lowest BCUT2D eigenvalue weighted by molar-refractivity contribution is 0.0827. The molecule has 0 aliphatic rings. The van der Waals surface area contributed by atoms with Crippen molar-refractivity contribution in [3.05, 3.63) is 51.5 Å². The number of carbonyl (C=O) groups excluding carboxylic acids is 1. The van der Waals surface area contributed by atoms with Crippen molar-refractivity contribution >= 4 is 47.2 Å². The van der Waals surface area contributed by atoms with E-state index in [0.29, 0.717) is 18.7 Å². The molecule has 1 amide bonds. The first kappa shape index (κ1) is 25.4. The molecule has 0 aliphatic carbocycles. The van der Waals surface area contributed by atoms with Gasteiger partial charge in [-0.1, -0.05) is 32.9 Å². The number of nitrogens with zero attached hydrogens (tertiary/aromatic N) is 3. The highest BCUT2D eigenvalue weighted by Gasteiger charge is 2.17. The third-order valence-corrected chi connectivity index (χ3v) is 4.95. The molecule has 0 radical (unpaired) electrons. The van der Waals surface area contributed by atoms with E-state index in [1.54, 1.807) is 30.3 Å². The van der Waals surface area contributed by atoms with Crippen LogP contribution in [0.1, 0.15) is 54.3 Å². The lowest BCUT2D eigenvalue weighted by Gasteiger charge is -2.14. The van der Waals surface area contributed by atoms with Gasteiger partial charge in [0.25, 0.3) is 5.91 Å². The van der Waals surface area contributed by atoms with Gasteiger partial charge in [0, 0.05) is 37.0 Å². The number of benzene rings is 1. The van der Waals surface area contributed by atoms with Crippen molar-refractivity contribution in [1.29, 1.82) is 0 Å². The van der Waals surface area contributed by atoms with Gasteiger partial charge in [0.15, 0.2) is 5.96 Å². The largest absolute Gasteiger partial charge is 0.357 e. The average Bonchev–Trinajstić information content (AvgIpc) is 3.13. The van der Waals surface area contributed by atoms with Crippen LogP contribution in [0.25, 0.3) is 0 Å².